The fourth-order valence-electron chi connectivity index (χ4n) is 4.20. The van der Waals surface area contributed by atoms with Crippen LogP contribution >= 0.6 is 0 Å². The van der Waals surface area contributed by atoms with Crippen LogP contribution in [0.5, 0.6) is 0 Å². The smallest absolute Gasteiger partial charge is 0.221 e. The Hall–Kier alpha value is -4.29. The van der Waals surface area contributed by atoms with E-state index in [1.54, 1.807) is 0 Å². The van der Waals surface area contributed by atoms with Crippen LogP contribution in [0, 0.1) is 0 Å². The molecular weight excluding hydrogens is 450 g/mol. The first-order valence-electron chi connectivity index (χ1n) is 11.8. The minimum Gasteiger partial charge on any atom is -0.326 e. The van der Waals surface area contributed by atoms with Gasteiger partial charge in [0.1, 0.15) is 0 Å². The van der Waals surface area contributed by atoms with E-state index in [4.69, 9.17) is 0 Å². The Balaban J connectivity index is 1.62. The molecule has 36 heavy (non-hydrogen) atoms. The van der Waals surface area contributed by atoms with E-state index in [0.29, 0.717) is 35.6 Å². The minimum absolute atomic E-state index is 0.0242. The van der Waals surface area contributed by atoms with Crippen molar-refractivity contribution < 1.29 is 14.4 Å². The maximum absolute atomic E-state index is 13.5. The average molecular weight is 480 g/mol. The lowest BCUT2D eigenvalue weighted by molar-refractivity contribution is -0.115. The molecule has 0 aliphatic carbocycles. The lowest BCUT2D eigenvalue weighted by Crippen LogP contribution is -2.37. The van der Waals surface area contributed by atoms with E-state index in [1.165, 1.54) is 19.4 Å². The Morgan fingerprint density at radius 1 is 0.722 bits per heavy atom. The van der Waals surface area contributed by atoms with E-state index >= 15 is 0 Å². The van der Waals surface area contributed by atoms with E-state index in [2.05, 4.69) is 27.7 Å². The fraction of sp³-hybridized carbons (Fsp3) is 0.167. The lowest BCUT2D eigenvalue weighted by Gasteiger charge is -2.30. The Labute approximate surface area is 211 Å². The van der Waals surface area contributed by atoms with Crippen molar-refractivity contribution in [2.24, 2.45) is 0 Å². The number of benzene rings is 3. The van der Waals surface area contributed by atoms with Crippen LogP contribution in [0.2, 0.25) is 0 Å². The second-order valence-corrected chi connectivity index (χ2v) is 8.91. The number of carbonyl (C=O) groups is 3. The third-order valence-corrected chi connectivity index (χ3v) is 5.76. The molecular formula is C30H29N3O3. The number of anilines is 2. The topological polar surface area (TPSA) is 78.5 Å². The SMILES string of the molecule is CC(=O)Nc1ccc(/C=C2/CN(Cc3ccccc3)C/C(=C\c3ccc(NC(C)=O)cc3)C2=O)cc1. The van der Waals surface area contributed by atoms with Gasteiger partial charge in [0.15, 0.2) is 5.78 Å². The molecule has 1 aliphatic rings. The van der Waals surface area contributed by atoms with Gasteiger partial charge in [0.05, 0.1) is 0 Å². The number of carbonyl (C=O) groups excluding carboxylic acids is 3. The van der Waals surface area contributed by atoms with Gasteiger partial charge in [0.2, 0.25) is 11.8 Å². The number of likely N-dealkylation sites (tertiary alicyclic amines) is 1. The van der Waals surface area contributed by atoms with Gasteiger partial charge in [-0.1, -0.05) is 54.6 Å². The van der Waals surface area contributed by atoms with Crippen LogP contribution in [0.4, 0.5) is 11.4 Å². The Morgan fingerprint density at radius 3 is 1.58 bits per heavy atom. The van der Waals surface area contributed by atoms with Gasteiger partial charge < -0.3 is 10.6 Å². The lowest BCUT2D eigenvalue weighted by atomic mass is 9.93. The van der Waals surface area contributed by atoms with Crippen molar-refractivity contribution >= 4 is 41.1 Å². The molecule has 0 saturated carbocycles. The van der Waals surface area contributed by atoms with Gasteiger partial charge in [-0.2, -0.15) is 0 Å². The summed E-state index contributed by atoms with van der Waals surface area (Å²) in [4.78, 5) is 38.3. The predicted octanol–water partition coefficient (Wildman–Crippen LogP) is 5.16. The second-order valence-electron chi connectivity index (χ2n) is 8.91. The Morgan fingerprint density at radius 2 is 1.17 bits per heavy atom. The number of hydrogen-bond donors (Lipinski definition) is 2. The van der Waals surface area contributed by atoms with Gasteiger partial charge in [-0.25, -0.2) is 0 Å². The van der Waals surface area contributed by atoms with Crippen molar-refractivity contribution in [3.63, 3.8) is 0 Å². The van der Waals surface area contributed by atoms with Gasteiger partial charge in [-0.15, -0.1) is 0 Å². The van der Waals surface area contributed by atoms with Crippen molar-refractivity contribution in [1.29, 1.82) is 0 Å². The molecule has 1 aliphatic heterocycles. The zero-order chi connectivity index (χ0) is 25.5. The van der Waals surface area contributed by atoms with Crippen LogP contribution < -0.4 is 10.6 Å². The highest BCUT2D eigenvalue weighted by atomic mass is 16.2. The molecule has 6 nitrogen and oxygen atoms in total. The minimum atomic E-state index is -0.125. The summed E-state index contributed by atoms with van der Waals surface area (Å²) in [6.45, 7) is 4.75. The Kier molecular flexibility index (Phi) is 7.88. The summed E-state index contributed by atoms with van der Waals surface area (Å²) in [5, 5.41) is 5.52. The molecule has 0 spiro atoms. The highest BCUT2D eigenvalue weighted by Crippen LogP contribution is 2.24. The van der Waals surface area contributed by atoms with Crippen LogP contribution in [0.1, 0.15) is 30.5 Å². The number of nitrogens with one attached hydrogen (secondary N) is 2. The molecule has 2 N–H and O–H groups in total. The van der Waals surface area contributed by atoms with Crippen molar-refractivity contribution in [3.8, 4) is 0 Å². The summed E-state index contributed by atoms with van der Waals surface area (Å²) in [5.41, 5.74) is 5.84. The van der Waals surface area contributed by atoms with E-state index < -0.39 is 0 Å². The zero-order valence-electron chi connectivity index (χ0n) is 20.5. The summed E-state index contributed by atoms with van der Waals surface area (Å²) in [5.74, 6) is -0.226. The summed E-state index contributed by atoms with van der Waals surface area (Å²) in [6, 6.07) is 25.1. The first kappa shape index (κ1) is 24.8. The molecule has 1 heterocycles. The fourth-order valence-corrected chi connectivity index (χ4v) is 4.20. The van der Waals surface area contributed by atoms with Gasteiger partial charge >= 0.3 is 0 Å². The van der Waals surface area contributed by atoms with E-state index in [-0.39, 0.29) is 17.6 Å². The van der Waals surface area contributed by atoms with Gasteiger partial charge in [0.25, 0.3) is 0 Å². The summed E-state index contributed by atoms with van der Waals surface area (Å²) in [7, 11) is 0. The molecule has 2 amide bonds. The quantitative estimate of drug-likeness (QED) is 0.479. The largest absolute Gasteiger partial charge is 0.326 e. The number of nitrogens with zero attached hydrogens (tertiary/aromatic N) is 1. The van der Waals surface area contributed by atoms with Gasteiger partial charge in [0, 0.05) is 56.0 Å². The van der Waals surface area contributed by atoms with Gasteiger partial charge in [-0.05, 0) is 53.1 Å². The molecule has 182 valence electrons. The Bertz CT molecular complexity index is 1230. The van der Waals surface area contributed by atoms with E-state index in [0.717, 1.165) is 17.7 Å². The number of ketones is 1. The molecule has 0 unspecified atom stereocenters. The van der Waals surface area contributed by atoms with Crippen LogP contribution in [0.25, 0.3) is 12.2 Å². The number of piperidine rings is 1. The van der Waals surface area contributed by atoms with Crippen LogP contribution in [-0.4, -0.2) is 35.6 Å². The van der Waals surface area contributed by atoms with Crippen LogP contribution in [0.15, 0.2) is 90.0 Å². The van der Waals surface area contributed by atoms with E-state index in [1.807, 2.05) is 78.9 Å². The molecule has 4 rings (SSSR count). The number of hydrogen-bond acceptors (Lipinski definition) is 4. The summed E-state index contributed by atoms with van der Waals surface area (Å²) < 4.78 is 0. The van der Waals surface area contributed by atoms with Crippen molar-refractivity contribution in [2.75, 3.05) is 23.7 Å². The van der Waals surface area contributed by atoms with Crippen molar-refractivity contribution in [2.45, 2.75) is 20.4 Å². The predicted molar refractivity (Wildman–Crippen MR) is 144 cm³/mol. The van der Waals surface area contributed by atoms with E-state index in [9.17, 15) is 14.4 Å². The number of rotatable bonds is 6. The standard InChI is InChI=1S/C30H29N3O3/c1-21(34)31-28-12-8-23(9-13-28)16-26-19-33(18-25-6-4-3-5-7-25)20-27(30(26)36)17-24-10-14-29(15-11-24)32-22(2)35/h3-17H,18-20H2,1-2H3,(H,31,34)(H,32,35)/b26-16-,27-17+. The summed E-state index contributed by atoms with van der Waals surface area (Å²) in [6.07, 6.45) is 3.84. The molecule has 3 aromatic rings. The first-order chi connectivity index (χ1) is 17.4. The number of Topliss-reactive ketones (excluding diaryl/α,β-unsaturated/α-hetero) is 1. The molecule has 0 atom stereocenters. The summed E-state index contributed by atoms with van der Waals surface area (Å²) >= 11 is 0. The number of amides is 2. The maximum Gasteiger partial charge on any atom is 0.221 e. The second kappa shape index (κ2) is 11.4. The van der Waals surface area contributed by atoms with Crippen molar-refractivity contribution in [3.05, 3.63) is 107 Å². The van der Waals surface area contributed by atoms with Gasteiger partial charge in [-0.3, -0.25) is 19.3 Å². The molecule has 0 radical (unpaired) electrons. The molecule has 0 aromatic heterocycles. The highest BCUT2D eigenvalue weighted by Gasteiger charge is 2.26. The maximum atomic E-state index is 13.5. The average Bonchev–Trinajstić information content (AvgIpc) is 2.84. The zero-order valence-corrected chi connectivity index (χ0v) is 20.5. The normalized spacial score (nSPS) is 16.2. The first-order valence-corrected chi connectivity index (χ1v) is 11.8. The van der Waals surface area contributed by atoms with Crippen LogP contribution in [0.3, 0.4) is 0 Å². The van der Waals surface area contributed by atoms with Crippen molar-refractivity contribution in [1.82, 2.24) is 4.90 Å². The molecule has 0 bridgehead atoms. The molecule has 1 saturated heterocycles. The third kappa shape index (κ3) is 6.87. The molecule has 1 fully saturated rings. The molecule has 3 aromatic carbocycles. The third-order valence-electron chi connectivity index (χ3n) is 5.76. The van der Waals surface area contributed by atoms with Crippen LogP contribution in [-0.2, 0) is 20.9 Å². The monoisotopic (exact) mass is 479 g/mol. The highest BCUT2D eigenvalue weighted by molar-refractivity contribution is 6.14. The molecule has 6 heteroatoms.